The fourth-order valence-corrected chi connectivity index (χ4v) is 5.58. The molecule has 0 N–H and O–H groups in total. The molecule has 0 amide bonds. The van der Waals surface area contributed by atoms with E-state index in [9.17, 15) is 4.79 Å². The monoisotopic (exact) mass is 566 g/mol. The number of thiophene rings is 1. The van der Waals surface area contributed by atoms with Gasteiger partial charge in [0.15, 0.2) is 11.6 Å². The molecule has 7 heteroatoms. The third-order valence-corrected chi connectivity index (χ3v) is 7.69. The fourth-order valence-electron chi connectivity index (χ4n) is 4.59. The van der Waals surface area contributed by atoms with Gasteiger partial charge in [0.05, 0.1) is 29.7 Å². The summed E-state index contributed by atoms with van der Waals surface area (Å²) in [6.45, 7) is 4.89. The highest BCUT2D eigenvalue weighted by atomic mass is 32.1. The van der Waals surface area contributed by atoms with E-state index in [0.29, 0.717) is 42.2 Å². The maximum Gasteiger partial charge on any atom is 0.262 e. The molecule has 0 unspecified atom stereocenters. The highest BCUT2D eigenvalue weighted by Crippen LogP contribution is 2.34. The van der Waals surface area contributed by atoms with Crippen LogP contribution in [0.5, 0.6) is 5.75 Å². The van der Waals surface area contributed by atoms with Crippen LogP contribution in [0.2, 0.25) is 0 Å². The predicted octanol–water partition coefficient (Wildman–Crippen LogP) is 7.92. The molecule has 0 saturated heterocycles. The van der Waals surface area contributed by atoms with Gasteiger partial charge in [0.25, 0.3) is 5.56 Å². The van der Waals surface area contributed by atoms with Crippen LogP contribution in [0.15, 0.2) is 102 Å². The van der Waals surface area contributed by atoms with E-state index in [1.807, 2.05) is 92.7 Å². The van der Waals surface area contributed by atoms with Gasteiger partial charge in [-0.2, -0.15) is 0 Å². The SMILES string of the molecule is CCOC=Cc1ccc(-c2c(C)nc(-c3cccc(F)c3OCc3ccccc3)n(CCc3ccccc3)c2=O)s1. The molecular weight excluding hydrogens is 535 g/mol. The molecule has 0 aliphatic rings. The van der Waals surface area contributed by atoms with Crippen LogP contribution in [-0.4, -0.2) is 16.2 Å². The average Bonchev–Trinajstić information content (AvgIpc) is 3.45. The number of ether oxygens (including phenoxy) is 2. The predicted molar refractivity (Wildman–Crippen MR) is 164 cm³/mol. The van der Waals surface area contributed by atoms with E-state index >= 15 is 4.39 Å². The normalized spacial score (nSPS) is 11.2. The number of nitrogens with zero attached hydrogens (tertiary/aromatic N) is 2. The lowest BCUT2D eigenvalue weighted by Crippen LogP contribution is -2.27. The summed E-state index contributed by atoms with van der Waals surface area (Å²) in [5.74, 6) is -0.0564. The quantitative estimate of drug-likeness (QED) is 0.152. The van der Waals surface area contributed by atoms with Crippen molar-refractivity contribution in [1.29, 1.82) is 0 Å². The Balaban J connectivity index is 1.60. The van der Waals surface area contributed by atoms with Crippen LogP contribution in [0, 0.1) is 12.7 Å². The maximum absolute atomic E-state index is 15.2. The van der Waals surface area contributed by atoms with Crippen LogP contribution in [0.3, 0.4) is 0 Å². The molecule has 2 aromatic heterocycles. The van der Waals surface area contributed by atoms with Crippen molar-refractivity contribution in [2.24, 2.45) is 0 Å². The summed E-state index contributed by atoms with van der Waals surface area (Å²) in [6.07, 6.45) is 4.15. The number of hydrogen-bond donors (Lipinski definition) is 0. The summed E-state index contributed by atoms with van der Waals surface area (Å²) in [5, 5.41) is 0. The topological polar surface area (TPSA) is 53.4 Å². The van der Waals surface area contributed by atoms with E-state index in [1.54, 1.807) is 23.0 Å². The summed E-state index contributed by atoms with van der Waals surface area (Å²) in [7, 11) is 0. The lowest BCUT2D eigenvalue weighted by molar-refractivity contribution is 0.272. The van der Waals surface area contributed by atoms with Crippen molar-refractivity contribution >= 4 is 17.4 Å². The van der Waals surface area contributed by atoms with Crippen molar-refractivity contribution in [1.82, 2.24) is 9.55 Å². The van der Waals surface area contributed by atoms with E-state index in [2.05, 4.69) is 0 Å². The van der Waals surface area contributed by atoms with Gasteiger partial charge in [0.1, 0.15) is 12.4 Å². The molecule has 0 spiro atoms. The van der Waals surface area contributed by atoms with Crippen LogP contribution in [0.1, 0.15) is 28.6 Å². The highest BCUT2D eigenvalue weighted by Gasteiger charge is 2.22. The third kappa shape index (κ3) is 6.64. The van der Waals surface area contributed by atoms with E-state index in [-0.39, 0.29) is 17.9 Å². The second-order valence-corrected chi connectivity index (χ2v) is 10.6. The Hall–Kier alpha value is -4.49. The Labute approximate surface area is 243 Å². The van der Waals surface area contributed by atoms with Gasteiger partial charge in [-0.15, -0.1) is 11.3 Å². The molecule has 5 aromatic rings. The van der Waals surface area contributed by atoms with Crippen LogP contribution >= 0.6 is 11.3 Å². The third-order valence-electron chi connectivity index (χ3n) is 6.62. The Kier molecular flexibility index (Phi) is 9.06. The maximum atomic E-state index is 15.2. The van der Waals surface area contributed by atoms with Crippen LogP contribution in [0.25, 0.3) is 27.9 Å². The molecule has 5 rings (SSSR count). The van der Waals surface area contributed by atoms with Gasteiger partial charge < -0.3 is 9.47 Å². The number of rotatable bonds is 11. The number of aryl methyl sites for hydroxylation is 2. The Morgan fingerprint density at radius 3 is 2.39 bits per heavy atom. The van der Waals surface area contributed by atoms with Crippen molar-refractivity contribution in [3.63, 3.8) is 0 Å². The minimum absolute atomic E-state index is 0.0725. The molecule has 41 heavy (non-hydrogen) atoms. The molecular formula is C34H31FN2O3S. The summed E-state index contributed by atoms with van der Waals surface area (Å²) in [4.78, 5) is 20.9. The molecule has 0 saturated carbocycles. The number of para-hydroxylation sites is 1. The van der Waals surface area contributed by atoms with Crippen molar-refractivity contribution in [3.05, 3.63) is 135 Å². The second-order valence-electron chi connectivity index (χ2n) is 9.44. The van der Waals surface area contributed by atoms with E-state index in [1.165, 1.54) is 17.4 Å². The van der Waals surface area contributed by atoms with Crippen molar-refractivity contribution in [2.45, 2.75) is 33.4 Å². The van der Waals surface area contributed by atoms with Crippen LogP contribution in [0.4, 0.5) is 4.39 Å². The lowest BCUT2D eigenvalue weighted by atomic mass is 10.1. The number of aromatic nitrogens is 2. The van der Waals surface area contributed by atoms with Gasteiger partial charge in [-0.3, -0.25) is 9.36 Å². The van der Waals surface area contributed by atoms with Gasteiger partial charge in [-0.25, -0.2) is 9.37 Å². The molecule has 0 radical (unpaired) electrons. The summed E-state index contributed by atoms with van der Waals surface area (Å²) in [6, 6.07) is 28.2. The minimum Gasteiger partial charge on any atom is -0.501 e. The molecule has 2 heterocycles. The van der Waals surface area contributed by atoms with Gasteiger partial charge in [-0.1, -0.05) is 66.7 Å². The first kappa shape index (κ1) is 28.1. The standard InChI is InChI=1S/C34H31FN2O3S/c1-3-39-22-20-27-17-18-30(41-27)31-24(2)36-33(37(34(31)38)21-19-25-11-6-4-7-12-25)28-15-10-16-29(35)32(28)40-23-26-13-8-5-9-14-26/h4-18,20,22H,3,19,21,23H2,1-2H3. The smallest absolute Gasteiger partial charge is 0.262 e. The van der Waals surface area contributed by atoms with Crippen LogP contribution < -0.4 is 10.3 Å². The van der Waals surface area contributed by atoms with Crippen molar-refractivity contribution in [2.75, 3.05) is 6.61 Å². The molecule has 208 valence electrons. The van der Waals surface area contributed by atoms with E-state index in [4.69, 9.17) is 14.5 Å². The molecule has 5 nitrogen and oxygen atoms in total. The summed E-state index contributed by atoms with van der Waals surface area (Å²) < 4.78 is 28.2. The molecule has 0 atom stereocenters. The zero-order valence-electron chi connectivity index (χ0n) is 23.0. The molecule has 0 bridgehead atoms. The average molecular weight is 567 g/mol. The largest absolute Gasteiger partial charge is 0.501 e. The Morgan fingerprint density at radius 1 is 0.927 bits per heavy atom. The van der Waals surface area contributed by atoms with Gasteiger partial charge in [0.2, 0.25) is 0 Å². The first-order valence-corrected chi connectivity index (χ1v) is 14.4. The first-order valence-electron chi connectivity index (χ1n) is 13.5. The number of benzene rings is 3. The van der Waals surface area contributed by atoms with Gasteiger partial charge in [-0.05, 0) is 61.7 Å². The van der Waals surface area contributed by atoms with Crippen LogP contribution in [-0.2, 0) is 24.3 Å². The Morgan fingerprint density at radius 2 is 1.66 bits per heavy atom. The fraction of sp³-hybridized carbons (Fsp3) is 0.176. The molecule has 0 aliphatic heterocycles. The molecule has 0 aliphatic carbocycles. The minimum atomic E-state index is -0.506. The van der Waals surface area contributed by atoms with E-state index < -0.39 is 5.82 Å². The molecule has 0 fully saturated rings. The Bertz CT molecular complexity index is 1690. The zero-order valence-corrected chi connectivity index (χ0v) is 23.9. The summed E-state index contributed by atoms with van der Waals surface area (Å²) in [5.41, 5.74) is 3.37. The molecule has 3 aromatic carbocycles. The van der Waals surface area contributed by atoms with Crippen molar-refractivity contribution in [3.8, 4) is 27.6 Å². The zero-order chi connectivity index (χ0) is 28.6. The highest BCUT2D eigenvalue weighted by molar-refractivity contribution is 7.16. The van der Waals surface area contributed by atoms with Crippen molar-refractivity contribution < 1.29 is 13.9 Å². The number of halogens is 1. The second kappa shape index (κ2) is 13.2. The van der Waals surface area contributed by atoms with Gasteiger partial charge >= 0.3 is 0 Å². The summed E-state index contributed by atoms with van der Waals surface area (Å²) >= 11 is 1.50. The first-order chi connectivity index (χ1) is 20.0. The lowest BCUT2D eigenvalue weighted by Gasteiger charge is -2.18. The number of hydrogen-bond acceptors (Lipinski definition) is 5. The van der Waals surface area contributed by atoms with E-state index in [0.717, 1.165) is 20.9 Å². The van der Waals surface area contributed by atoms with Gasteiger partial charge in [0, 0.05) is 16.3 Å².